The molecule has 52 heavy (non-hydrogen) atoms. The van der Waals surface area contributed by atoms with Crippen molar-refractivity contribution in [1.82, 2.24) is 24.8 Å². The van der Waals surface area contributed by atoms with E-state index in [0.29, 0.717) is 49.2 Å². The van der Waals surface area contributed by atoms with Crippen LogP contribution < -0.4 is 25.4 Å². The van der Waals surface area contributed by atoms with Gasteiger partial charge in [-0.1, -0.05) is 36.9 Å². The molecule has 2 aromatic heterocycles. The number of halogens is 3. The Morgan fingerprint density at radius 3 is 2.25 bits per heavy atom. The molecule has 0 bridgehead atoms. The predicted octanol–water partition coefficient (Wildman–Crippen LogP) is 5.80. The molecular weight excluding hydrogens is 681 g/mol. The number of benzene rings is 2. The smallest absolute Gasteiger partial charge is 0.421 e. The molecule has 13 nitrogen and oxygen atoms in total. The van der Waals surface area contributed by atoms with Gasteiger partial charge < -0.3 is 35.2 Å². The van der Waals surface area contributed by atoms with Crippen molar-refractivity contribution in [2.75, 3.05) is 49.2 Å². The van der Waals surface area contributed by atoms with Gasteiger partial charge in [0, 0.05) is 63.2 Å². The summed E-state index contributed by atoms with van der Waals surface area (Å²) in [6.45, 7) is 10.1. The number of methoxy groups -OCH3 is 1. The SMILES string of the molecule is C=C(C(=O)Nc1cc(O[C@H](C)C(=O)N2CCN(C(C)=O)CC2)ccc1Nc1nc(Nc2cc(OC)ncc2C)ncc1C(F)(F)F)c1ccccc1. The average molecular weight is 719 g/mol. The minimum atomic E-state index is -4.85. The van der Waals surface area contributed by atoms with Gasteiger partial charge in [-0.3, -0.25) is 14.4 Å². The Bertz CT molecular complexity index is 1970. The fourth-order valence-corrected chi connectivity index (χ4v) is 5.27. The molecular formula is C36H37F3N8O5. The second kappa shape index (κ2) is 15.8. The van der Waals surface area contributed by atoms with Crippen LogP contribution in [0.25, 0.3) is 5.57 Å². The zero-order chi connectivity index (χ0) is 37.6. The summed E-state index contributed by atoms with van der Waals surface area (Å²) >= 11 is 0. The first kappa shape index (κ1) is 37.1. The lowest BCUT2D eigenvalue weighted by molar-refractivity contribution is -0.143. The van der Waals surface area contributed by atoms with Gasteiger partial charge in [-0.15, -0.1) is 0 Å². The Balaban J connectivity index is 1.45. The minimum absolute atomic E-state index is 0.0188. The summed E-state index contributed by atoms with van der Waals surface area (Å²) in [4.78, 5) is 53.7. The molecule has 0 spiro atoms. The van der Waals surface area contributed by atoms with Crippen LogP contribution in [0.2, 0.25) is 0 Å². The topological polar surface area (TPSA) is 151 Å². The van der Waals surface area contributed by atoms with Crippen molar-refractivity contribution >= 4 is 52.1 Å². The molecule has 0 saturated carbocycles. The van der Waals surface area contributed by atoms with E-state index in [-0.39, 0.29) is 46.3 Å². The molecule has 3 N–H and O–H groups in total. The number of rotatable bonds is 11. The summed E-state index contributed by atoms with van der Waals surface area (Å²) in [5.41, 5.74) is 0.610. The molecule has 3 amide bonds. The lowest BCUT2D eigenvalue weighted by Gasteiger charge is -2.35. The van der Waals surface area contributed by atoms with Crippen LogP contribution in [-0.2, 0) is 20.6 Å². The van der Waals surface area contributed by atoms with Crippen LogP contribution in [0.5, 0.6) is 11.6 Å². The quantitative estimate of drug-likeness (QED) is 0.162. The van der Waals surface area contributed by atoms with Crippen LogP contribution in [0.1, 0.15) is 30.5 Å². The molecule has 0 radical (unpaired) electrons. The number of pyridine rings is 1. The van der Waals surface area contributed by atoms with E-state index in [9.17, 15) is 27.6 Å². The molecule has 1 aliphatic rings. The van der Waals surface area contributed by atoms with Crippen molar-refractivity contribution in [2.24, 2.45) is 0 Å². The van der Waals surface area contributed by atoms with Crippen LogP contribution in [0.15, 0.2) is 73.6 Å². The van der Waals surface area contributed by atoms with Crippen molar-refractivity contribution in [1.29, 1.82) is 0 Å². The van der Waals surface area contributed by atoms with Crippen LogP contribution in [0, 0.1) is 6.92 Å². The molecule has 2 aromatic carbocycles. The fourth-order valence-electron chi connectivity index (χ4n) is 5.27. The number of carbonyl (C=O) groups is 3. The molecule has 1 fully saturated rings. The molecule has 0 unspecified atom stereocenters. The molecule has 1 aliphatic heterocycles. The average Bonchev–Trinajstić information content (AvgIpc) is 3.12. The summed E-state index contributed by atoms with van der Waals surface area (Å²) in [6.07, 6.45) is -3.65. The maximum atomic E-state index is 14.3. The molecule has 16 heteroatoms. The number of aryl methyl sites for hydroxylation is 1. The third-order valence-electron chi connectivity index (χ3n) is 8.21. The highest BCUT2D eigenvalue weighted by Gasteiger charge is 2.36. The first-order valence-corrected chi connectivity index (χ1v) is 16.1. The predicted molar refractivity (Wildman–Crippen MR) is 189 cm³/mol. The molecule has 5 rings (SSSR count). The van der Waals surface area contributed by atoms with E-state index >= 15 is 0 Å². The standard InChI is InChI=1S/C36H37F3N8O5/c1-21-19-40-31(51-5)18-29(21)44-35-41-20-27(36(37,38)39)32(45-35)42-28-12-11-26(17-30(28)43-33(49)22(2)25-9-7-6-8-10-25)52-23(3)34(50)47-15-13-46(14-16-47)24(4)48/h6-12,17-20,23H,2,13-16H2,1,3-5H3,(H,43,49)(H2,40,41,42,44,45)/t23-/m1/s1. The lowest BCUT2D eigenvalue weighted by atomic mass is 10.1. The van der Waals surface area contributed by atoms with Crippen LogP contribution in [0.3, 0.4) is 0 Å². The van der Waals surface area contributed by atoms with Gasteiger partial charge in [-0.2, -0.15) is 18.2 Å². The van der Waals surface area contributed by atoms with E-state index in [1.165, 1.54) is 38.4 Å². The number of piperazine rings is 1. The van der Waals surface area contributed by atoms with E-state index in [1.807, 2.05) is 0 Å². The van der Waals surface area contributed by atoms with Gasteiger partial charge in [0.1, 0.15) is 17.1 Å². The highest BCUT2D eigenvalue weighted by Crippen LogP contribution is 2.38. The highest BCUT2D eigenvalue weighted by atomic mass is 19.4. The maximum absolute atomic E-state index is 14.3. The van der Waals surface area contributed by atoms with E-state index in [1.54, 1.807) is 60.0 Å². The second-order valence-electron chi connectivity index (χ2n) is 11.8. The monoisotopic (exact) mass is 718 g/mol. The van der Waals surface area contributed by atoms with E-state index in [2.05, 4.69) is 37.5 Å². The third kappa shape index (κ3) is 8.93. The molecule has 3 heterocycles. The summed E-state index contributed by atoms with van der Waals surface area (Å²) in [5, 5.41) is 8.32. The van der Waals surface area contributed by atoms with Gasteiger partial charge in [0.15, 0.2) is 6.10 Å². The highest BCUT2D eigenvalue weighted by molar-refractivity contribution is 6.25. The van der Waals surface area contributed by atoms with Crippen LogP contribution in [-0.4, -0.2) is 81.9 Å². The van der Waals surface area contributed by atoms with Crippen LogP contribution in [0.4, 0.5) is 42.0 Å². The summed E-state index contributed by atoms with van der Waals surface area (Å²) in [5.74, 6) is -1.37. The van der Waals surface area contributed by atoms with Gasteiger partial charge in [0.05, 0.1) is 24.2 Å². The van der Waals surface area contributed by atoms with Crippen molar-refractivity contribution < 1.29 is 37.0 Å². The zero-order valence-corrected chi connectivity index (χ0v) is 28.9. The number of amides is 3. The molecule has 272 valence electrons. The van der Waals surface area contributed by atoms with E-state index in [4.69, 9.17) is 9.47 Å². The third-order valence-corrected chi connectivity index (χ3v) is 8.21. The number of ether oxygens (including phenoxy) is 2. The Morgan fingerprint density at radius 2 is 1.60 bits per heavy atom. The number of nitrogens with one attached hydrogen (secondary N) is 3. The molecule has 1 saturated heterocycles. The summed E-state index contributed by atoms with van der Waals surface area (Å²) in [7, 11) is 1.43. The Hall–Kier alpha value is -6.19. The normalized spacial score (nSPS) is 13.5. The fraction of sp³-hybridized carbons (Fsp3) is 0.278. The zero-order valence-electron chi connectivity index (χ0n) is 28.9. The molecule has 4 aromatic rings. The Labute approximate surface area is 297 Å². The van der Waals surface area contributed by atoms with Gasteiger partial charge in [0.25, 0.3) is 11.8 Å². The van der Waals surface area contributed by atoms with Crippen LogP contribution >= 0.6 is 0 Å². The minimum Gasteiger partial charge on any atom is -0.481 e. The number of hydrogen-bond acceptors (Lipinski definition) is 10. The first-order valence-electron chi connectivity index (χ1n) is 16.1. The number of hydrogen-bond donors (Lipinski definition) is 3. The summed E-state index contributed by atoms with van der Waals surface area (Å²) in [6, 6.07) is 14.4. The first-order chi connectivity index (χ1) is 24.7. The number of aromatic nitrogens is 3. The number of anilines is 5. The number of carbonyl (C=O) groups excluding carboxylic acids is 3. The Morgan fingerprint density at radius 1 is 0.904 bits per heavy atom. The molecule has 0 aliphatic carbocycles. The van der Waals surface area contributed by atoms with Crippen molar-refractivity contribution in [3.8, 4) is 11.6 Å². The van der Waals surface area contributed by atoms with Gasteiger partial charge >= 0.3 is 6.18 Å². The van der Waals surface area contributed by atoms with Gasteiger partial charge in [-0.25, -0.2) is 9.97 Å². The van der Waals surface area contributed by atoms with Crippen molar-refractivity contribution in [2.45, 2.75) is 33.1 Å². The molecule has 1 atom stereocenters. The Kier molecular flexibility index (Phi) is 11.3. The second-order valence-corrected chi connectivity index (χ2v) is 11.8. The van der Waals surface area contributed by atoms with Gasteiger partial charge in [0.2, 0.25) is 17.7 Å². The van der Waals surface area contributed by atoms with Crippen molar-refractivity contribution in [3.63, 3.8) is 0 Å². The van der Waals surface area contributed by atoms with Crippen molar-refractivity contribution in [3.05, 3.63) is 90.3 Å². The van der Waals surface area contributed by atoms with E-state index < -0.39 is 29.6 Å². The number of alkyl halides is 3. The lowest BCUT2D eigenvalue weighted by Crippen LogP contribution is -2.52. The van der Waals surface area contributed by atoms with Gasteiger partial charge in [-0.05, 0) is 37.1 Å². The number of nitrogens with zero attached hydrogens (tertiary/aromatic N) is 5. The van der Waals surface area contributed by atoms with E-state index in [0.717, 1.165) is 0 Å². The maximum Gasteiger partial charge on any atom is 0.421 e. The summed E-state index contributed by atoms with van der Waals surface area (Å²) < 4.78 is 53.9. The largest absolute Gasteiger partial charge is 0.481 e.